The molecular formula is C9H10N6O. The van der Waals surface area contributed by atoms with Gasteiger partial charge in [0.15, 0.2) is 0 Å². The second-order valence-corrected chi connectivity index (χ2v) is 3.18. The molecule has 0 bridgehead atoms. The Labute approximate surface area is 91.3 Å². The first-order valence-corrected chi connectivity index (χ1v) is 4.52. The zero-order valence-electron chi connectivity index (χ0n) is 8.58. The Bertz CT molecular complexity index is 503. The van der Waals surface area contributed by atoms with E-state index in [0.717, 1.165) is 0 Å². The minimum absolute atomic E-state index is 0.207. The van der Waals surface area contributed by atoms with Crippen LogP contribution in [-0.4, -0.2) is 25.7 Å². The van der Waals surface area contributed by atoms with E-state index in [9.17, 15) is 4.79 Å². The lowest BCUT2D eigenvalue weighted by atomic mass is 10.4. The summed E-state index contributed by atoms with van der Waals surface area (Å²) in [4.78, 5) is 19.3. The number of hydrogen-bond acceptors (Lipinski definition) is 5. The number of nitrogens with zero attached hydrogens (tertiary/aromatic N) is 4. The molecule has 0 aliphatic rings. The molecule has 0 aliphatic heterocycles. The Kier molecular flexibility index (Phi) is 2.50. The Morgan fingerprint density at radius 2 is 2.19 bits per heavy atom. The molecular weight excluding hydrogens is 208 g/mol. The maximum atomic E-state index is 11.6. The molecule has 82 valence electrons. The topological polar surface area (TPSA) is 98.7 Å². The van der Waals surface area contributed by atoms with Crippen LogP contribution in [-0.2, 0) is 7.05 Å². The molecule has 2 aromatic heterocycles. The van der Waals surface area contributed by atoms with Gasteiger partial charge in [-0.25, -0.2) is 9.97 Å². The van der Waals surface area contributed by atoms with Crippen LogP contribution in [0.3, 0.4) is 0 Å². The van der Waals surface area contributed by atoms with Crippen LogP contribution in [0.2, 0.25) is 0 Å². The van der Waals surface area contributed by atoms with Gasteiger partial charge in [-0.15, -0.1) is 0 Å². The van der Waals surface area contributed by atoms with Crippen molar-refractivity contribution in [3.05, 3.63) is 30.5 Å². The van der Waals surface area contributed by atoms with Crippen LogP contribution in [0.1, 0.15) is 10.5 Å². The van der Waals surface area contributed by atoms with Gasteiger partial charge in [0.05, 0.1) is 24.3 Å². The molecule has 0 fully saturated rings. The van der Waals surface area contributed by atoms with E-state index in [2.05, 4.69) is 20.4 Å². The van der Waals surface area contributed by atoms with Gasteiger partial charge in [-0.2, -0.15) is 5.10 Å². The third-order valence-corrected chi connectivity index (χ3v) is 1.87. The van der Waals surface area contributed by atoms with Gasteiger partial charge in [0.25, 0.3) is 5.91 Å². The van der Waals surface area contributed by atoms with E-state index in [0.29, 0.717) is 5.69 Å². The van der Waals surface area contributed by atoms with E-state index in [-0.39, 0.29) is 17.4 Å². The average Bonchev–Trinajstić information content (AvgIpc) is 2.65. The van der Waals surface area contributed by atoms with Crippen LogP contribution in [0.25, 0.3) is 0 Å². The van der Waals surface area contributed by atoms with Gasteiger partial charge in [-0.3, -0.25) is 9.48 Å². The standard InChI is InChI=1S/C9H10N6O/c1-15-5-6(2-13-15)14-9(16)7-3-12-8(10)4-11-7/h2-5H,1H3,(H2,10,12)(H,14,16). The minimum Gasteiger partial charge on any atom is -0.382 e. The van der Waals surface area contributed by atoms with Crippen LogP contribution >= 0.6 is 0 Å². The Balaban J connectivity index is 2.11. The Morgan fingerprint density at radius 1 is 1.38 bits per heavy atom. The highest BCUT2D eigenvalue weighted by molar-refractivity contribution is 6.02. The van der Waals surface area contributed by atoms with E-state index in [1.807, 2.05) is 0 Å². The molecule has 0 spiro atoms. The monoisotopic (exact) mass is 218 g/mol. The van der Waals surface area contributed by atoms with Crippen molar-refractivity contribution in [2.45, 2.75) is 0 Å². The van der Waals surface area contributed by atoms with Crippen LogP contribution in [0.5, 0.6) is 0 Å². The van der Waals surface area contributed by atoms with Gasteiger partial charge in [-0.1, -0.05) is 0 Å². The van der Waals surface area contributed by atoms with Crippen molar-refractivity contribution < 1.29 is 4.79 Å². The van der Waals surface area contributed by atoms with Gasteiger partial charge in [0, 0.05) is 13.2 Å². The predicted octanol–water partition coefficient (Wildman–Crippen LogP) is 0.0446. The first kappa shape index (κ1) is 10.1. The zero-order chi connectivity index (χ0) is 11.5. The molecule has 0 radical (unpaired) electrons. The number of carbonyl (C=O) groups excluding carboxylic acids is 1. The van der Waals surface area contributed by atoms with Crippen molar-refractivity contribution in [2.75, 3.05) is 11.1 Å². The number of hydrogen-bond donors (Lipinski definition) is 2. The lowest BCUT2D eigenvalue weighted by molar-refractivity contribution is 0.102. The summed E-state index contributed by atoms with van der Waals surface area (Å²) in [5.74, 6) is -0.0709. The Hall–Kier alpha value is -2.44. The quantitative estimate of drug-likeness (QED) is 0.741. The van der Waals surface area contributed by atoms with Gasteiger partial charge in [0.1, 0.15) is 11.5 Å². The maximum absolute atomic E-state index is 11.6. The first-order chi connectivity index (χ1) is 7.65. The van der Waals surface area contributed by atoms with Crippen LogP contribution in [0, 0.1) is 0 Å². The third-order valence-electron chi connectivity index (χ3n) is 1.87. The summed E-state index contributed by atoms with van der Waals surface area (Å²) < 4.78 is 1.59. The second-order valence-electron chi connectivity index (χ2n) is 3.18. The second kappa shape index (κ2) is 3.97. The van der Waals surface area contributed by atoms with E-state index in [1.54, 1.807) is 24.1 Å². The van der Waals surface area contributed by atoms with Crippen molar-refractivity contribution >= 4 is 17.4 Å². The number of rotatable bonds is 2. The lowest BCUT2D eigenvalue weighted by Crippen LogP contribution is -2.13. The molecule has 16 heavy (non-hydrogen) atoms. The lowest BCUT2D eigenvalue weighted by Gasteiger charge is -2.00. The van der Waals surface area contributed by atoms with Crippen molar-refractivity contribution in [1.29, 1.82) is 0 Å². The largest absolute Gasteiger partial charge is 0.382 e. The average molecular weight is 218 g/mol. The normalized spacial score (nSPS) is 10.1. The fourth-order valence-corrected chi connectivity index (χ4v) is 1.14. The number of nitrogens with two attached hydrogens (primary N) is 1. The SMILES string of the molecule is Cn1cc(NC(=O)c2cnc(N)cn2)cn1. The Morgan fingerprint density at radius 3 is 2.75 bits per heavy atom. The van der Waals surface area contributed by atoms with E-state index >= 15 is 0 Å². The maximum Gasteiger partial charge on any atom is 0.275 e. The summed E-state index contributed by atoms with van der Waals surface area (Å²) in [5.41, 5.74) is 6.17. The number of carbonyl (C=O) groups is 1. The number of aryl methyl sites for hydroxylation is 1. The van der Waals surface area contributed by atoms with Crippen LogP contribution in [0.4, 0.5) is 11.5 Å². The van der Waals surface area contributed by atoms with E-state index in [4.69, 9.17) is 5.73 Å². The van der Waals surface area contributed by atoms with Crippen molar-refractivity contribution in [1.82, 2.24) is 19.7 Å². The van der Waals surface area contributed by atoms with Gasteiger partial charge >= 0.3 is 0 Å². The molecule has 0 atom stereocenters. The minimum atomic E-state index is -0.347. The fourth-order valence-electron chi connectivity index (χ4n) is 1.14. The molecule has 2 aromatic rings. The predicted molar refractivity (Wildman–Crippen MR) is 57.6 cm³/mol. The molecule has 2 rings (SSSR count). The van der Waals surface area contributed by atoms with Crippen molar-refractivity contribution in [2.24, 2.45) is 7.05 Å². The summed E-state index contributed by atoms with van der Waals surface area (Å²) in [6.07, 6.45) is 5.88. The molecule has 0 aliphatic carbocycles. The van der Waals surface area contributed by atoms with Crippen molar-refractivity contribution in [3.63, 3.8) is 0 Å². The molecule has 0 saturated carbocycles. The summed E-state index contributed by atoms with van der Waals surface area (Å²) in [5, 5.41) is 6.56. The zero-order valence-corrected chi connectivity index (χ0v) is 8.58. The number of nitrogens with one attached hydrogen (secondary N) is 1. The number of anilines is 2. The number of amides is 1. The molecule has 7 nitrogen and oxygen atoms in total. The smallest absolute Gasteiger partial charge is 0.275 e. The summed E-state index contributed by atoms with van der Waals surface area (Å²) >= 11 is 0. The molecule has 2 heterocycles. The van der Waals surface area contributed by atoms with E-state index < -0.39 is 0 Å². The molecule has 3 N–H and O–H groups in total. The van der Waals surface area contributed by atoms with Gasteiger partial charge in [-0.05, 0) is 0 Å². The highest BCUT2D eigenvalue weighted by Crippen LogP contribution is 2.05. The number of nitrogen functional groups attached to an aromatic ring is 1. The molecule has 1 amide bonds. The third kappa shape index (κ3) is 2.14. The highest BCUT2D eigenvalue weighted by Gasteiger charge is 2.08. The first-order valence-electron chi connectivity index (χ1n) is 4.52. The molecule has 0 unspecified atom stereocenters. The summed E-state index contributed by atoms with van der Waals surface area (Å²) in [6, 6.07) is 0. The van der Waals surface area contributed by atoms with E-state index in [1.165, 1.54) is 12.4 Å². The fraction of sp³-hybridized carbons (Fsp3) is 0.111. The van der Waals surface area contributed by atoms with Gasteiger partial charge in [0.2, 0.25) is 0 Å². The number of aromatic nitrogens is 4. The summed E-state index contributed by atoms with van der Waals surface area (Å²) in [6.45, 7) is 0. The molecule has 0 aromatic carbocycles. The van der Waals surface area contributed by atoms with Crippen LogP contribution < -0.4 is 11.1 Å². The molecule has 0 saturated heterocycles. The van der Waals surface area contributed by atoms with Gasteiger partial charge < -0.3 is 11.1 Å². The van der Waals surface area contributed by atoms with Crippen molar-refractivity contribution in [3.8, 4) is 0 Å². The highest BCUT2D eigenvalue weighted by atomic mass is 16.1. The molecule has 7 heteroatoms. The summed E-state index contributed by atoms with van der Waals surface area (Å²) in [7, 11) is 1.76. The van der Waals surface area contributed by atoms with Crippen LogP contribution in [0.15, 0.2) is 24.8 Å².